The average Bonchev–Trinajstić information content (AvgIpc) is 2.79. The highest BCUT2D eigenvalue weighted by Crippen LogP contribution is 2.14. The molecule has 2 rings (SSSR count). The van der Waals surface area contributed by atoms with Crippen LogP contribution in [0.4, 0.5) is 0 Å². The van der Waals surface area contributed by atoms with E-state index in [1.807, 2.05) is 48.0 Å². The van der Waals surface area contributed by atoms with Crippen LogP contribution in [0.5, 0.6) is 0 Å². The maximum absolute atomic E-state index is 11.8. The lowest BCUT2D eigenvalue weighted by molar-refractivity contribution is -0.121. The number of para-hydroxylation sites is 1. The van der Waals surface area contributed by atoms with Crippen LogP contribution in [0.15, 0.2) is 36.5 Å². The van der Waals surface area contributed by atoms with Gasteiger partial charge in [0, 0.05) is 24.9 Å². The van der Waals surface area contributed by atoms with Gasteiger partial charge in [-0.2, -0.15) is 0 Å². The number of nitrogens with one attached hydrogen (secondary N) is 1. The van der Waals surface area contributed by atoms with Gasteiger partial charge in [0.1, 0.15) is 6.54 Å². The van der Waals surface area contributed by atoms with Crippen molar-refractivity contribution in [2.24, 2.45) is 5.92 Å². The Morgan fingerprint density at radius 3 is 2.94 bits per heavy atom. The first-order chi connectivity index (χ1) is 8.70. The maximum Gasteiger partial charge on any atom is 0.239 e. The van der Waals surface area contributed by atoms with Crippen LogP contribution in [-0.4, -0.2) is 28.7 Å². The quantitative estimate of drug-likeness (QED) is 0.837. The Balaban J connectivity index is 1.99. The number of hydrogen-bond donors (Lipinski definition) is 2. The minimum absolute atomic E-state index is 0.0309. The van der Waals surface area contributed by atoms with Crippen molar-refractivity contribution in [2.75, 3.05) is 13.2 Å². The van der Waals surface area contributed by atoms with E-state index in [9.17, 15) is 4.79 Å². The van der Waals surface area contributed by atoms with Crippen LogP contribution in [-0.2, 0) is 11.3 Å². The molecule has 0 radical (unpaired) electrons. The number of amides is 1. The molecule has 96 valence electrons. The van der Waals surface area contributed by atoms with Gasteiger partial charge in [0.05, 0.1) is 0 Å². The summed E-state index contributed by atoms with van der Waals surface area (Å²) in [5, 5.41) is 12.8. The van der Waals surface area contributed by atoms with E-state index in [4.69, 9.17) is 5.11 Å². The van der Waals surface area contributed by atoms with Crippen molar-refractivity contribution in [3.8, 4) is 0 Å². The highest BCUT2D eigenvalue weighted by atomic mass is 16.3. The van der Waals surface area contributed by atoms with Crippen LogP contribution in [0, 0.1) is 5.92 Å². The summed E-state index contributed by atoms with van der Waals surface area (Å²) < 4.78 is 1.92. The number of carbonyl (C=O) groups excluding carboxylic acids is 1. The zero-order valence-corrected chi connectivity index (χ0v) is 10.5. The van der Waals surface area contributed by atoms with Crippen LogP contribution >= 0.6 is 0 Å². The summed E-state index contributed by atoms with van der Waals surface area (Å²) in [5.41, 5.74) is 1.06. The largest absolute Gasteiger partial charge is 0.396 e. The van der Waals surface area contributed by atoms with Crippen LogP contribution in [0.2, 0.25) is 0 Å². The third kappa shape index (κ3) is 2.90. The first-order valence-corrected chi connectivity index (χ1v) is 6.12. The summed E-state index contributed by atoms with van der Waals surface area (Å²) in [6, 6.07) is 9.97. The van der Waals surface area contributed by atoms with Gasteiger partial charge in [-0.05, 0) is 23.4 Å². The van der Waals surface area contributed by atoms with Gasteiger partial charge in [0.2, 0.25) is 5.91 Å². The summed E-state index contributed by atoms with van der Waals surface area (Å²) >= 11 is 0. The molecule has 1 aromatic carbocycles. The van der Waals surface area contributed by atoms with E-state index < -0.39 is 0 Å². The molecule has 0 aliphatic heterocycles. The fourth-order valence-corrected chi connectivity index (χ4v) is 1.84. The van der Waals surface area contributed by atoms with Crippen molar-refractivity contribution < 1.29 is 9.90 Å². The number of aliphatic hydroxyl groups excluding tert-OH is 1. The Kier molecular flexibility index (Phi) is 3.99. The third-order valence-corrected chi connectivity index (χ3v) is 2.95. The minimum atomic E-state index is -0.0309. The molecular formula is C14H18N2O2. The monoisotopic (exact) mass is 246 g/mol. The van der Waals surface area contributed by atoms with Gasteiger partial charge in [-0.1, -0.05) is 25.1 Å². The Bertz CT molecular complexity index is 533. The molecule has 4 heteroatoms. The number of carbonyl (C=O) groups is 1. The van der Waals surface area contributed by atoms with Crippen molar-refractivity contribution in [2.45, 2.75) is 13.5 Å². The van der Waals surface area contributed by atoms with Crippen molar-refractivity contribution in [1.29, 1.82) is 0 Å². The Morgan fingerprint density at radius 2 is 2.17 bits per heavy atom. The van der Waals surface area contributed by atoms with Gasteiger partial charge >= 0.3 is 0 Å². The summed E-state index contributed by atoms with van der Waals surface area (Å²) in [6.07, 6.45) is 1.92. The molecule has 1 heterocycles. The van der Waals surface area contributed by atoms with Gasteiger partial charge < -0.3 is 15.0 Å². The zero-order valence-electron chi connectivity index (χ0n) is 10.5. The highest BCUT2D eigenvalue weighted by molar-refractivity contribution is 5.83. The number of hydrogen-bond acceptors (Lipinski definition) is 2. The van der Waals surface area contributed by atoms with Gasteiger partial charge in [-0.15, -0.1) is 0 Å². The number of fused-ring (bicyclic) bond motifs is 1. The molecule has 1 unspecified atom stereocenters. The number of aliphatic hydroxyl groups is 1. The van der Waals surface area contributed by atoms with Crippen molar-refractivity contribution in [1.82, 2.24) is 9.88 Å². The number of rotatable bonds is 5. The molecule has 18 heavy (non-hydrogen) atoms. The average molecular weight is 246 g/mol. The molecular weight excluding hydrogens is 228 g/mol. The lowest BCUT2D eigenvalue weighted by atomic mass is 10.2. The topological polar surface area (TPSA) is 54.3 Å². The maximum atomic E-state index is 11.8. The second-order valence-electron chi connectivity index (χ2n) is 4.59. The van der Waals surface area contributed by atoms with Gasteiger partial charge in [-0.25, -0.2) is 0 Å². The molecule has 0 saturated carbocycles. The second kappa shape index (κ2) is 5.69. The van der Waals surface area contributed by atoms with Gasteiger partial charge in [0.15, 0.2) is 0 Å². The van der Waals surface area contributed by atoms with E-state index in [-0.39, 0.29) is 18.4 Å². The SMILES string of the molecule is CC(CO)CNC(=O)Cn1ccc2ccccc21. The first kappa shape index (κ1) is 12.6. The first-order valence-electron chi connectivity index (χ1n) is 6.12. The van der Waals surface area contributed by atoms with E-state index >= 15 is 0 Å². The molecule has 0 aliphatic carbocycles. The second-order valence-corrected chi connectivity index (χ2v) is 4.59. The van der Waals surface area contributed by atoms with Crippen LogP contribution in [0.3, 0.4) is 0 Å². The normalized spacial score (nSPS) is 12.6. The molecule has 0 saturated heterocycles. The highest BCUT2D eigenvalue weighted by Gasteiger charge is 2.07. The Hall–Kier alpha value is -1.81. The minimum Gasteiger partial charge on any atom is -0.396 e. The third-order valence-electron chi connectivity index (χ3n) is 2.95. The molecule has 1 atom stereocenters. The zero-order chi connectivity index (χ0) is 13.0. The van der Waals surface area contributed by atoms with Crippen molar-refractivity contribution in [3.05, 3.63) is 36.5 Å². The van der Waals surface area contributed by atoms with E-state index in [2.05, 4.69) is 5.32 Å². The Labute approximate surface area is 106 Å². The van der Waals surface area contributed by atoms with Gasteiger partial charge in [-0.3, -0.25) is 4.79 Å². The van der Waals surface area contributed by atoms with E-state index in [1.165, 1.54) is 0 Å². The number of nitrogens with zero attached hydrogens (tertiary/aromatic N) is 1. The molecule has 0 spiro atoms. The predicted octanol–water partition coefficient (Wildman–Crippen LogP) is 1.39. The molecule has 1 aromatic heterocycles. The standard InChI is InChI=1S/C14H18N2O2/c1-11(10-17)8-15-14(18)9-16-7-6-12-4-2-3-5-13(12)16/h2-7,11,17H,8-10H2,1H3,(H,15,18). The van der Waals surface area contributed by atoms with E-state index in [0.717, 1.165) is 10.9 Å². The summed E-state index contributed by atoms with van der Waals surface area (Å²) in [6.45, 7) is 2.80. The molecule has 1 amide bonds. The van der Waals surface area contributed by atoms with E-state index in [1.54, 1.807) is 0 Å². The van der Waals surface area contributed by atoms with Crippen LogP contribution in [0.1, 0.15) is 6.92 Å². The lowest BCUT2D eigenvalue weighted by Crippen LogP contribution is -2.32. The van der Waals surface area contributed by atoms with Crippen LogP contribution in [0.25, 0.3) is 10.9 Å². The van der Waals surface area contributed by atoms with Crippen molar-refractivity contribution >= 4 is 16.8 Å². The lowest BCUT2D eigenvalue weighted by Gasteiger charge is -2.10. The van der Waals surface area contributed by atoms with Crippen LogP contribution < -0.4 is 5.32 Å². The smallest absolute Gasteiger partial charge is 0.239 e. The molecule has 0 bridgehead atoms. The fourth-order valence-electron chi connectivity index (χ4n) is 1.84. The summed E-state index contributed by atoms with van der Waals surface area (Å²) in [5.74, 6) is 0.0620. The molecule has 2 aromatic rings. The molecule has 4 nitrogen and oxygen atoms in total. The summed E-state index contributed by atoms with van der Waals surface area (Å²) in [4.78, 5) is 11.8. The Morgan fingerprint density at radius 1 is 1.39 bits per heavy atom. The number of benzene rings is 1. The predicted molar refractivity (Wildman–Crippen MR) is 71.2 cm³/mol. The molecule has 0 aliphatic rings. The summed E-state index contributed by atoms with van der Waals surface area (Å²) in [7, 11) is 0. The number of aromatic nitrogens is 1. The van der Waals surface area contributed by atoms with E-state index in [0.29, 0.717) is 13.1 Å². The van der Waals surface area contributed by atoms with Gasteiger partial charge in [0.25, 0.3) is 0 Å². The fraction of sp³-hybridized carbons (Fsp3) is 0.357. The molecule has 0 fully saturated rings. The molecule has 2 N–H and O–H groups in total. The van der Waals surface area contributed by atoms with Crippen molar-refractivity contribution in [3.63, 3.8) is 0 Å².